The van der Waals surface area contributed by atoms with Crippen molar-refractivity contribution in [2.75, 3.05) is 0 Å². The van der Waals surface area contributed by atoms with Crippen LogP contribution in [0.4, 0.5) is 0 Å². The van der Waals surface area contributed by atoms with Crippen LogP contribution in [-0.4, -0.2) is 11.4 Å². The molecule has 3 heteroatoms. The van der Waals surface area contributed by atoms with Crippen LogP contribution in [0.15, 0.2) is 18.2 Å². The minimum atomic E-state index is -0.758. The van der Waals surface area contributed by atoms with E-state index in [1.54, 1.807) is 0 Å². The van der Waals surface area contributed by atoms with Gasteiger partial charge in [-0.2, -0.15) is 5.26 Å². The number of carbonyl (C=O) groups is 1. The molecule has 3 nitrogen and oxygen atoms in total. The zero-order valence-corrected chi connectivity index (χ0v) is 11.5. The molecule has 0 atom stereocenters. The van der Waals surface area contributed by atoms with Crippen molar-refractivity contribution in [3.05, 3.63) is 34.9 Å². The van der Waals surface area contributed by atoms with Crippen molar-refractivity contribution >= 4 is 5.91 Å². The number of nitrogens with one attached hydrogen (secondary N) is 1. The lowest BCUT2D eigenvalue weighted by molar-refractivity contribution is 0.0914. The van der Waals surface area contributed by atoms with E-state index in [2.05, 4.69) is 11.4 Å². The van der Waals surface area contributed by atoms with E-state index in [4.69, 9.17) is 0 Å². The van der Waals surface area contributed by atoms with Gasteiger partial charge in [-0.25, -0.2) is 0 Å². The third-order valence-electron chi connectivity index (χ3n) is 3.48. The van der Waals surface area contributed by atoms with E-state index >= 15 is 0 Å². The minimum Gasteiger partial charge on any atom is -0.334 e. The van der Waals surface area contributed by atoms with E-state index in [1.165, 1.54) is 0 Å². The lowest BCUT2D eigenvalue weighted by atomic mass is 9.93. The Hall–Kier alpha value is -1.82. The molecule has 0 aliphatic carbocycles. The molecule has 0 aromatic heterocycles. The summed E-state index contributed by atoms with van der Waals surface area (Å²) in [6.07, 6.45) is 1.22. The summed E-state index contributed by atoms with van der Waals surface area (Å²) in [5, 5.41) is 12.1. The van der Waals surface area contributed by atoms with Gasteiger partial charge in [0.25, 0.3) is 5.91 Å². The molecule has 18 heavy (non-hydrogen) atoms. The number of hydrogen-bond acceptors (Lipinski definition) is 2. The van der Waals surface area contributed by atoms with Gasteiger partial charge in [-0.05, 0) is 37.8 Å². The normalized spacial score (nSPS) is 10.8. The summed E-state index contributed by atoms with van der Waals surface area (Å²) in [4.78, 5) is 12.3. The molecule has 0 radical (unpaired) electrons. The van der Waals surface area contributed by atoms with Gasteiger partial charge in [0.2, 0.25) is 0 Å². The van der Waals surface area contributed by atoms with Crippen molar-refractivity contribution in [3.63, 3.8) is 0 Å². The molecule has 1 N–H and O–H groups in total. The van der Waals surface area contributed by atoms with Crippen LogP contribution in [0.25, 0.3) is 0 Å². The Morgan fingerprint density at radius 3 is 2.17 bits per heavy atom. The van der Waals surface area contributed by atoms with Crippen LogP contribution in [-0.2, 0) is 0 Å². The van der Waals surface area contributed by atoms with Gasteiger partial charge in [-0.3, -0.25) is 4.79 Å². The zero-order valence-electron chi connectivity index (χ0n) is 11.5. The Kier molecular flexibility index (Phi) is 4.49. The van der Waals surface area contributed by atoms with Crippen LogP contribution in [0, 0.1) is 25.2 Å². The first kappa shape index (κ1) is 14.2. The topological polar surface area (TPSA) is 52.9 Å². The van der Waals surface area contributed by atoms with Gasteiger partial charge in [0.1, 0.15) is 5.54 Å². The third-order valence-corrected chi connectivity index (χ3v) is 3.48. The van der Waals surface area contributed by atoms with Gasteiger partial charge < -0.3 is 5.32 Å². The molecule has 0 spiro atoms. The molecule has 96 valence electrons. The molecule has 0 bridgehead atoms. The monoisotopic (exact) mass is 244 g/mol. The van der Waals surface area contributed by atoms with E-state index in [0.717, 1.165) is 11.1 Å². The average molecular weight is 244 g/mol. The smallest absolute Gasteiger partial charge is 0.253 e. The fourth-order valence-electron chi connectivity index (χ4n) is 2.07. The summed E-state index contributed by atoms with van der Waals surface area (Å²) in [5.41, 5.74) is 1.79. The second kappa shape index (κ2) is 5.68. The summed E-state index contributed by atoms with van der Waals surface area (Å²) in [6, 6.07) is 7.97. The number of nitrogens with zero attached hydrogens (tertiary/aromatic N) is 1. The predicted octanol–water partition coefficient (Wildman–Crippen LogP) is 3.12. The molecule has 0 saturated carbocycles. The largest absolute Gasteiger partial charge is 0.334 e. The van der Waals surface area contributed by atoms with Crippen LogP contribution in [0.5, 0.6) is 0 Å². The predicted molar refractivity (Wildman–Crippen MR) is 72.3 cm³/mol. The summed E-state index contributed by atoms with van der Waals surface area (Å²) < 4.78 is 0. The van der Waals surface area contributed by atoms with Gasteiger partial charge in [0, 0.05) is 5.56 Å². The van der Waals surface area contributed by atoms with Gasteiger partial charge in [0.05, 0.1) is 6.07 Å². The number of benzene rings is 1. The fraction of sp³-hybridized carbons (Fsp3) is 0.467. The number of nitriles is 1. The first-order valence-electron chi connectivity index (χ1n) is 6.29. The molecule has 0 aliphatic heterocycles. The highest BCUT2D eigenvalue weighted by Gasteiger charge is 2.28. The quantitative estimate of drug-likeness (QED) is 0.884. The number of aryl methyl sites for hydroxylation is 2. The van der Waals surface area contributed by atoms with Crippen molar-refractivity contribution < 1.29 is 4.79 Å². The van der Waals surface area contributed by atoms with E-state index in [0.29, 0.717) is 18.4 Å². The van der Waals surface area contributed by atoms with Crippen molar-refractivity contribution in [2.45, 2.75) is 46.1 Å². The minimum absolute atomic E-state index is 0.157. The van der Waals surface area contributed by atoms with Crippen LogP contribution in [0.3, 0.4) is 0 Å². The summed E-state index contributed by atoms with van der Waals surface area (Å²) in [6.45, 7) is 7.65. The van der Waals surface area contributed by atoms with Crippen molar-refractivity contribution in [2.24, 2.45) is 0 Å². The van der Waals surface area contributed by atoms with Crippen molar-refractivity contribution in [1.82, 2.24) is 5.32 Å². The summed E-state index contributed by atoms with van der Waals surface area (Å²) in [7, 11) is 0. The Labute approximate surface area is 109 Å². The van der Waals surface area contributed by atoms with Gasteiger partial charge in [-0.1, -0.05) is 32.0 Å². The lowest BCUT2D eigenvalue weighted by Crippen LogP contribution is -2.46. The summed E-state index contributed by atoms with van der Waals surface area (Å²) in [5.74, 6) is -0.157. The second-order valence-electron chi connectivity index (χ2n) is 4.62. The molecule has 0 heterocycles. The van der Waals surface area contributed by atoms with E-state index in [-0.39, 0.29) is 5.91 Å². The number of rotatable bonds is 4. The van der Waals surface area contributed by atoms with Crippen LogP contribution >= 0.6 is 0 Å². The molecule has 1 amide bonds. The second-order valence-corrected chi connectivity index (χ2v) is 4.62. The Bertz CT molecular complexity index is 462. The maximum atomic E-state index is 12.3. The zero-order chi connectivity index (χ0) is 13.8. The molecule has 0 unspecified atom stereocenters. The first-order chi connectivity index (χ1) is 8.49. The first-order valence-corrected chi connectivity index (χ1v) is 6.29. The molecule has 0 saturated heterocycles. The molecule has 0 fully saturated rings. The van der Waals surface area contributed by atoms with Gasteiger partial charge >= 0.3 is 0 Å². The van der Waals surface area contributed by atoms with E-state index < -0.39 is 5.54 Å². The molecule has 1 rings (SSSR count). The Balaban J connectivity index is 3.06. The summed E-state index contributed by atoms with van der Waals surface area (Å²) >= 11 is 0. The molecular weight excluding hydrogens is 224 g/mol. The van der Waals surface area contributed by atoms with E-state index in [1.807, 2.05) is 45.9 Å². The Morgan fingerprint density at radius 1 is 1.28 bits per heavy atom. The van der Waals surface area contributed by atoms with Crippen molar-refractivity contribution in [1.29, 1.82) is 5.26 Å². The maximum Gasteiger partial charge on any atom is 0.253 e. The van der Waals surface area contributed by atoms with Crippen LogP contribution in [0.2, 0.25) is 0 Å². The lowest BCUT2D eigenvalue weighted by Gasteiger charge is -2.25. The highest BCUT2D eigenvalue weighted by Crippen LogP contribution is 2.18. The third kappa shape index (κ3) is 2.70. The SMILES string of the molecule is CCC(C#N)(CC)NC(=O)c1c(C)cccc1C. The highest BCUT2D eigenvalue weighted by atomic mass is 16.1. The molecule has 1 aromatic rings. The standard InChI is InChI=1S/C15H20N2O/c1-5-15(6-2,10-16)17-14(18)13-11(3)8-7-9-12(13)4/h7-9H,5-6H2,1-4H3,(H,17,18). The van der Waals surface area contributed by atoms with Crippen LogP contribution in [0.1, 0.15) is 48.2 Å². The number of carbonyl (C=O) groups excluding carboxylic acids is 1. The fourth-order valence-corrected chi connectivity index (χ4v) is 2.07. The molecule has 1 aromatic carbocycles. The van der Waals surface area contributed by atoms with Gasteiger partial charge in [0.15, 0.2) is 0 Å². The van der Waals surface area contributed by atoms with Crippen LogP contribution < -0.4 is 5.32 Å². The maximum absolute atomic E-state index is 12.3. The number of amides is 1. The Morgan fingerprint density at radius 2 is 1.78 bits per heavy atom. The molecular formula is C15H20N2O. The molecule has 0 aliphatic rings. The number of hydrogen-bond donors (Lipinski definition) is 1. The van der Waals surface area contributed by atoms with Crippen molar-refractivity contribution in [3.8, 4) is 6.07 Å². The van der Waals surface area contributed by atoms with Gasteiger partial charge in [-0.15, -0.1) is 0 Å². The average Bonchev–Trinajstić information content (AvgIpc) is 2.36. The highest BCUT2D eigenvalue weighted by molar-refractivity contribution is 5.97. The van der Waals surface area contributed by atoms with E-state index in [9.17, 15) is 10.1 Å².